The summed E-state index contributed by atoms with van der Waals surface area (Å²) in [5, 5.41) is 0. The van der Waals surface area contributed by atoms with Gasteiger partial charge in [-0.15, -0.1) is 0 Å². The lowest BCUT2D eigenvalue weighted by Crippen LogP contribution is -2.49. The van der Waals surface area contributed by atoms with E-state index in [1.54, 1.807) is 7.11 Å². The van der Waals surface area contributed by atoms with E-state index in [1.165, 1.54) is 5.56 Å². The molecular formula is C26H30N4O2. The Balaban J connectivity index is 1.51. The molecule has 1 fully saturated rings. The minimum absolute atomic E-state index is 0.0955. The van der Waals surface area contributed by atoms with E-state index in [0.29, 0.717) is 13.1 Å². The van der Waals surface area contributed by atoms with Crippen LogP contribution in [0.1, 0.15) is 38.6 Å². The monoisotopic (exact) mass is 430 g/mol. The van der Waals surface area contributed by atoms with E-state index in [-0.39, 0.29) is 5.91 Å². The Hall–Kier alpha value is -3.41. The SMILES string of the molecule is COc1ccc(Cc2c(C)nc(C)nc2N2CCN(C(=O)c3ccc(C)cc3)CC2)cc1. The molecule has 6 nitrogen and oxygen atoms in total. The predicted octanol–water partition coefficient (Wildman–Crippen LogP) is 3.96. The summed E-state index contributed by atoms with van der Waals surface area (Å²) in [5.41, 5.74) is 5.24. The minimum Gasteiger partial charge on any atom is -0.497 e. The van der Waals surface area contributed by atoms with Gasteiger partial charge in [-0.05, 0) is 50.6 Å². The van der Waals surface area contributed by atoms with Gasteiger partial charge in [-0.1, -0.05) is 29.8 Å². The van der Waals surface area contributed by atoms with Crippen molar-refractivity contribution in [1.29, 1.82) is 0 Å². The first kappa shape index (κ1) is 21.8. The maximum atomic E-state index is 12.9. The summed E-state index contributed by atoms with van der Waals surface area (Å²) in [6, 6.07) is 15.9. The molecule has 0 spiro atoms. The molecule has 1 aliphatic rings. The van der Waals surface area contributed by atoms with Crippen LogP contribution >= 0.6 is 0 Å². The molecule has 0 unspecified atom stereocenters. The standard InChI is InChI=1S/C26H30N4O2/c1-18-5-9-22(10-6-18)26(31)30-15-13-29(14-16-30)25-24(19(2)27-20(3)28-25)17-21-7-11-23(32-4)12-8-21/h5-12H,13-17H2,1-4H3. The highest BCUT2D eigenvalue weighted by Crippen LogP contribution is 2.26. The van der Waals surface area contributed by atoms with Crippen LogP contribution in [0.4, 0.5) is 5.82 Å². The first-order valence-corrected chi connectivity index (χ1v) is 11.0. The van der Waals surface area contributed by atoms with Crippen LogP contribution in [0, 0.1) is 20.8 Å². The topological polar surface area (TPSA) is 58.6 Å². The second kappa shape index (κ2) is 9.39. The Morgan fingerprint density at radius 3 is 2.19 bits per heavy atom. The molecule has 0 atom stereocenters. The van der Waals surface area contributed by atoms with Crippen LogP contribution in [0.15, 0.2) is 48.5 Å². The zero-order valence-electron chi connectivity index (χ0n) is 19.3. The van der Waals surface area contributed by atoms with Crippen molar-refractivity contribution < 1.29 is 9.53 Å². The number of aryl methyl sites for hydroxylation is 3. The molecule has 166 valence electrons. The molecule has 2 heterocycles. The Labute approximate surface area is 189 Å². The van der Waals surface area contributed by atoms with Crippen molar-refractivity contribution in [3.8, 4) is 5.75 Å². The van der Waals surface area contributed by atoms with Gasteiger partial charge in [0.15, 0.2) is 0 Å². The second-order valence-electron chi connectivity index (χ2n) is 8.33. The van der Waals surface area contributed by atoms with E-state index in [4.69, 9.17) is 9.72 Å². The molecule has 4 rings (SSSR count). The van der Waals surface area contributed by atoms with Crippen LogP contribution in [0.2, 0.25) is 0 Å². The molecule has 1 aromatic heterocycles. The number of rotatable bonds is 5. The quantitative estimate of drug-likeness (QED) is 0.613. The van der Waals surface area contributed by atoms with Crippen molar-refractivity contribution in [2.24, 2.45) is 0 Å². The first-order valence-electron chi connectivity index (χ1n) is 11.0. The molecule has 1 aliphatic heterocycles. The Bertz CT molecular complexity index is 1090. The van der Waals surface area contributed by atoms with Crippen LogP contribution in [0.5, 0.6) is 5.75 Å². The van der Waals surface area contributed by atoms with E-state index < -0.39 is 0 Å². The average molecular weight is 431 g/mol. The number of methoxy groups -OCH3 is 1. The zero-order chi connectivity index (χ0) is 22.7. The van der Waals surface area contributed by atoms with Crippen molar-refractivity contribution in [1.82, 2.24) is 14.9 Å². The van der Waals surface area contributed by atoms with Gasteiger partial charge in [-0.25, -0.2) is 9.97 Å². The molecule has 3 aromatic rings. The third-order valence-electron chi connectivity index (χ3n) is 6.01. The van der Waals surface area contributed by atoms with Crippen molar-refractivity contribution >= 4 is 11.7 Å². The number of amides is 1. The number of carbonyl (C=O) groups excluding carboxylic acids is 1. The number of carbonyl (C=O) groups is 1. The number of benzene rings is 2. The summed E-state index contributed by atoms with van der Waals surface area (Å²) in [7, 11) is 1.67. The number of anilines is 1. The van der Waals surface area contributed by atoms with Crippen LogP contribution < -0.4 is 9.64 Å². The third-order valence-corrected chi connectivity index (χ3v) is 6.01. The molecule has 6 heteroatoms. The number of hydrogen-bond donors (Lipinski definition) is 0. The number of ether oxygens (including phenoxy) is 1. The van der Waals surface area contributed by atoms with Crippen LogP contribution in [0.25, 0.3) is 0 Å². The minimum atomic E-state index is 0.0955. The van der Waals surface area contributed by atoms with Gasteiger partial charge >= 0.3 is 0 Å². The van der Waals surface area contributed by atoms with E-state index in [9.17, 15) is 4.79 Å². The zero-order valence-corrected chi connectivity index (χ0v) is 19.3. The fraction of sp³-hybridized carbons (Fsp3) is 0.346. The van der Waals surface area contributed by atoms with Crippen molar-refractivity contribution in [2.45, 2.75) is 27.2 Å². The Morgan fingerprint density at radius 1 is 0.906 bits per heavy atom. The van der Waals surface area contributed by atoms with Crippen molar-refractivity contribution in [3.05, 3.63) is 82.3 Å². The number of piperazine rings is 1. The maximum absolute atomic E-state index is 12.9. The van der Waals surface area contributed by atoms with E-state index >= 15 is 0 Å². The van der Waals surface area contributed by atoms with Gasteiger partial charge < -0.3 is 14.5 Å². The highest BCUT2D eigenvalue weighted by molar-refractivity contribution is 5.94. The summed E-state index contributed by atoms with van der Waals surface area (Å²) in [5.74, 6) is 2.70. The average Bonchev–Trinajstić information content (AvgIpc) is 2.81. The number of hydrogen-bond acceptors (Lipinski definition) is 5. The van der Waals surface area contributed by atoms with Crippen LogP contribution in [-0.4, -0.2) is 54.1 Å². The lowest BCUT2D eigenvalue weighted by Gasteiger charge is -2.36. The molecule has 0 saturated carbocycles. The molecule has 0 radical (unpaired) electrons. The summed E-state index contributed by atoms with van der Waals surface area (Å²) >= 11 is 0. The molecule has 1 saturated heterocycles. The van der Waals surface area contributed by atoms with Gasteiger partial charge in [0.1, 0.15) is 17.4 Å². The molecule has 0 bridgehead atoms. The Morgan fingerprint density at radius 2 is 1.56 bits per heavy atom. The smallest absolute Gasteiger partial charge is 0.253 e. The first-order chi connectivity index (χ1) is 15.4. The molecule has 2 aromatic carbocycles. The van der Waals surface area contributed by atoms with Gasteiger partial charge in [-0.2, -0.15) is 0 Å². The molecule has 0 N–H and O–H groups in total. The highest BCUT2D eigenvalue weighted by atomic mass is 16.5. The van der Waals surface area contributed by atoms with E-state index in [0.717, 1.165) is 59.3 Å². The normalized spacial score (nSPS) is 13.9. The molecule has 32 heavy (non-hydrogen) atoms. The fourth-order valence-corrected chi connectivity index (χ4v) is 4.13. The summed E-state index contributed by atoms with van der Waals surface area (Å²) in [6.07, 6.45) is 0.758. The van der Waals surface area contributed by atoms with Gasteiger partial charge in [0.2, 0.25) is 0 Å². The largest absolute Gasteiger partial charge is 0.497 e. The summed E-state index contributed by atoms with van der Waals surface area (Å²) in [6.45, 7) is 8.88. The van der Waals surface area contributed by atoms with Gasteiger partial charge in [0.05, 0.1) is 7.11 Å². The highest BCUT2D eigenvalue weighted by Gasteiger charge is 2.25. The fourth-order valence-electron chi connectivity index (χ4n) is 4.13. The lowest BCUT2D eigenvalue weighted by molar-refractivity contribution is 0.0746. The van der Waals surface area contributed by atoms with Gasteiger partial charge in [0.25, 0.3) is 5.91 Å². The molecular weight excluding hydrogens is 400 g/mol. The predicted molar refractivity (Wildman–Crippen MR) is 127 cm³/mol. The van der Waals surface area contributed by atoms with Gasteiger partial charge in [0, 0.05) is 49.4 Å². The van der Waals surface area contributed by atoms with Crippen LogP contribution in [0.3, 0.4) is 0 Å². The second-order valence-corrected chi connectivity index (χ2v) is 8.33. The van der Waals surface area contributed by atoms with Crippen LogP contribution in [-0.2, 0) is 6.42 Å². The van der Waals surface area contributed by atoms with Gasteiger partial charge in [-0.3, -0.25) is 4.79 Å². The Kier molecular flexibility index (Phi) is 6.40. The summed E-state index contributed by atoms with van der Waals surface area (Å²) < 4.78 is 5.28. The van der Waals surface area contributed by atoms with Crippen molar-refractivity contribution in [3.63, 3.8) is 0 Å². The van der Waals surface area contributed by atoms with Crippen molar-refractivity contribution in [2.75, 3.05) is 38.2 Å². The summed E-state index contributed by atoms with van der Waals surface area (Å²) in [4.78, 5) is 26.6. The van der Waals surface area contributed by atoms with E-state index in [2.05, 4.69) is 22.0 Å². The maximum Gasteiger partial charge on any atom is 0.253 e. The molecule has 1 amide bonds. The number of aromatic nitrogens is 2. The van der Waals surface area contributed by atoms with E-state index in [1.807, 2.05) is 62.1 Å². The number of nitrogens with zero attached hydrogens (tertiary/aromatic N) is 4. The third kappa shape index (κ3) is 4.74. The molecule has 0 aliphatic carbocycles. The lowest BCUT2D eigenvalue weighted by atomic mass is 10.0.